The van der Waals surface area contributed by atoms with E-state index in [1.165, 1.54) is 6.42 Å². The van der Waals surface area contributed by atoms with E-state index in [1.807, 2.05) is 0 Å². The molecule has 2 rings (SSSR count). The van der Waals surface area contributed by atoms with Crippen molar-refractivity contribution in [3.05, 3.63) is 0 Å². The first-order valence-corrected chi connectivity index (χ1v) is 4.93. The first kappa shape index (κ1) is 8.48. The fraction of sp³-hybridized carbons (Fsp3) is 1.00. The Bertz CT molecular complexity index is 163. The van der Waals surface area contributed by atoms with E-state index in [2.05, 4.69) is 17.1 Å². The van der Waals surface area contributed by atoms with Gasteiger partial charge in [0.25, 0.3) is 0 Å². The van der Waals surface area contributed by atoms with Gasteiger partial charge in [-0.05, 0) is 26.3 Å². The number of hydrogen-bond donors (Lipinski definition) is 2. The van der Waals surface area contributed by atoms with Gasteiger partial charge in [0.1, 0.15) is 0 Å². The van der Waals surface area contributed by atoms with E-state index in [1.54, 1.807) is 0 Å². The van der Waals surface area contributed by atoms with Gasteiger partial charge in [-0.15, -0.1) is 0 Å². The molecule has 0 unspecified atom stereocenters. The molecule has 0 amide bonds. The molecule has 12 heavy (non-hydrogen) atoms. The number of likely N-dealkylation sites (tertiary alicyclic amines) is 1. The molecule has 0 aliphatic carbocycles. The zero-order valence-electron chi connectivity index (χ0n) is 7.66. The molecule has 2 aliphatic rings. The summed E-state index contributed by atoms with van der Waals surface area (Å²) < 4.78 is 0. The fourth-order valence-electron chi connectivity index (χ4n) is 2.41. The van der Waals surface area contributed by atoms with Crippen LogP contribution in [-0.4, -0.2) is 47.8 Å². The van der Waals surface area contributed by atoms with Crippen molar-refractivity contribution in [3.8, 4) is 0 Å². The summed E-state index contributed by atoms with van der Waals surface area (Å²) in [6.45, 7) is 5.34. The average molecular weight is 170 g/mol. The predicted molar refractivity (Wildman–Crippen MR) is 48.1 cm³/mol. The van der Waals surface area contributed by atoms with Gasteiger partial charge in [0.2, 0.25) is 0 Å². The number of rotatable bonds is 1. The first-order chi connectivity index (χ1) is 5.77. The van der Waals surface area contributed by atoms with Crippen molar-refractivity contribution < 1.29 is 5.11 Å². The van der Waals surface area contributed by atoms with Crippen molar-refractivity contribution in [2.75, 3.05) is 19.6 Å². The second-order valence-corrected chi connectivity index (χ2v) is 4.04. The molecule has 2 fully saturated rings. The molecule has 2 saturated heterocycles. The zero-order valence-corrected chi connectivity index (χ0v) is 7.66. The third-order valence-electron chi connectivity index (χ3n) is 3.15. The fourth-order valence-corrected chi connectivity index (χ4v) is 2.41. The lowest BCUT2D eigenvalue weighted by Gasteiger charge is -2.26. The Hall–Kier alpha value is -0.120. The first-order valence-electron chi connectivity index (χ1n) is 4.93. The molecule has 2 aliphatic heterocycles. The van der Waals surface area contributed by atoms with Crippen molar-refractivity contribution in [1.82, 2.24) is 10.2 Å². The van der Waals surface area contributed by atoms with Gasteiger partial charge in [-0.25, -0.2) is 0 Å². The number of hydrogen-bond acceptors (Lipinski definition) is 3. The molecule has 70 valence electrons. The Labute approximate surface area is 73.8 Å². The molecule has 0 bridgehead atoms. The summed E-state index contributed by atoms with van der Waals surface area (Å²) in [5, 5.41) is 12.8. The van der Waals surface area contributed by atoms with Gasteiger partial charge in [0.05, 0.1) is 6.10 Å². The highest BCUT2D eigenvalue weighted by Gasteiger charge is 2.32. The van der Waals surface area contributed by atoms with Crippen LogP contribution < -0.4 is 5.32 Å². The van der Waals surface area contributed by atoms with Crippen LogP contribution in [0, 0.1) is 0 Å². The number of nitrogens with zero attached hydrogens (tertiary/aromatic N) is 1. The van der Waals surface area contributed by atoms with Crippen LogP contribution in [0.15, 0.2) is 0 Å². The van der Waals surface area contributed by atoms with Crippen LogP contribution in [0.3, 0.4) is 0 Å². The van der Waals surface area contributed by atoms with E-state index in [0.29, 0.717) is 12.1 Å². The van der Waals surface area contributed by atoms with Crippen molar-refractivity contribution in [2.24, 2.45) is 0 Å². The predicted octanol–water partition coefficient (Wildman–Crippen LogP) is -0.197. The van der Waals surface area contributed by atoms with E-state index in [9.17, 15) is 5.11 Å². The lowest BCUT2D eigenvalue weighted by Crippen LogP contribution is -2.41. The number of aliphatic hydroxyl groups excluding tert-OH is 1. The zero-order chi connectivity index (χ0) is 8.55. The lowest BCUT2D eigenvalue weighted by atomic mass is 10.1. The summed E-state index contributed by atoms with van der Waals surface area (Å²) >= 11 is 0. The van der Waals surface area contributed by atoms with Crippen LogP contribution in [0.25, 0.3) is 0 Å². The summed E-state index contributed by atoms with van der Waals surface area (Å²) in [4.78, 5) is 2.43. The second kappa shape index (κ2) is 3.32. The Balaban J connectivity index is 1.91. The topological polar surface area (TPSA) is 35.5 Å². The number of nitrogens with one attached hydrogen (secondary N) is 1. The third-order valence-corrected chi connectivity index (χ3v) is 3.15. The maximum atomic E-state index is 9.38. The van der Waals surface area contributed by atoms with E-state index in [0.717, 1.165) is 26.1 Å². The molecule has 2 N–H and O–H groups in total. The van der Waals surface area contributed by atoms with Gasteiger partial charge in [-0.2, -0.15) is 0 Å². The lowest BCUT2D eigenvalue weighted by molar-refractivity contribution is 0.155. The molecule has 0 aromatic rings. The van der Waals surface area contributed by atoms with Gasteiger partial charge in [-0.1, -0.05) is 0 Å². The minimum Gasteiger partial charge on any atom is -0.392 e. The van der Waals surface area contributed by atoms with E-state index >= 15 is 0 Å². The van der Waals surface area contributed by atoms with Crippen LogP contribution in [0.5, 0.6) is 0 Å². The van der Waals surface area contributed by atoms with Crippen LogP contribution in [0.1, 0.15) is 19.8 Å². The molecule has 0 radical (unpaired) electrons. The van der Waals surface area contributed by atoms with Gasteiger partial charge in [-0.3, -0.25) is 4.90 Å². The van der Waals surface area contributed by atoms with Gasteiger partial charge >= 0.3 is 0 Å². The summed E-state index contributed by atoms with van der Waals surface area (Å²) in [5.41, 5.74) is 0. The van der Waals surface area contributed by atoms with Gasteiger partial charge in [0, 0.05) is 25.2 Å². The van der Waals surface area contributed by atoms with Crippen LogP contribution in [-0.2, 0) is 0 Å². The average Bonchev–Trinajstić information content (AvgIpc) is 2.58. The molecular formula is C9H18N2O. The number of β-amino-alcohol motifs (C(OH)–C–C–N with tert-alkyl or cyclic N) is 1. The summed E-state index contributed by atoms with van der Waals surface area (Å²) in [6, 6.07) is 1.28. The SMILES string of the molecule is C[C@@H]1NCC[C@H]1N1CC[C@H](O)C1. The minimum absolute atomic E-state index is 0.0715. The molecule has 0 aromatic carbocycles. The monoisotopic (exact) mass is 170 g/mol. The minimum atomic E-state index is -0.0715. The number of aliphatic hydroxyl groups is 1. The van der Waals surface area contributed by atoms with Gasteiger partial charge < -0.3 is 10.4 Å². The second-order valence-electron chi connectivity index (χ2n) is 4.04. The summed E-state index contributed by atoms with van der Waals surface area (Å²) in [6.07, 6.45) is 2.13. The maximum Gasteiger partial charge on any atom is 0.0679 e. The molecule has 0 aromatic heterocycles. The standard InChI is InChI=1S/C9H18N2O/c1-7-9(2-4-10-7)11-5-3-8(12)6-11/h7-10,12H,2-6H2,1H3/t7-,8-,9+/m0/s1. The molecule has 3 heteroatoms. The molecule has 2 heterocycles. The maximum absolute atomic E-state index is 9.38. The normalized spacial score (nSPS) is 44.0. The van der Waals surface area contributed by atoms with Crippen LogP contribution >= 0.6 is 0 Å². The van der Waals surface area contributed by atoms with Crippen molar-refractivity contribution in [3.63, 3.8) is 0 Å². The van der Waals surface area contributed by atoms with Crippen LogP contribution in [0.2, 0.25) is 0 Å². The summed E-state index contributed by atoms with van der Waals surface area (Å²) in [5.74, 6) is 0. The third kappa shape index (κ3) is 1.49. The molecule has 3 nitrogen and oxygen atoms in total. The Morgan fingerprint density at radius 2 is 2.25 bits per heavy atom. The van der Waals surface area contributed by atoms with Crippen molar-refractivity contribution in [1.29, 1.82) is 0 Å². The van der Waals surface area contributed by atoms with Crippen molar-refractivity contribution >= 4 is 0 Å². The smallest absolute Gasteiger partial charge is 0.0679 e. The van der Waals surface area contributed by atoms with E-state index in [-0.39, 0.29) is 6.10 Å². The van der Waals surface area contributed by atoms with Crippen molar-refractivity contribution in [2.45, 2.75) is 38.0 Å². The molecule has 3 atom stereocenters. The largest absolute Gasteiger partial charge is 0.392 e. The molecule has 0 saturated carbocycles. The Kier molecular flexibility index (Phi) is 2.35. The molecule has 0 spiro atoms. The quantitative estimate of drug-likeness (QED) is 0.572. The van der Waals surface area contributed by atoms with Crippen LogP contribution in [0.4, 0.5) is 0 Å². The highest BCUT2D eigenvalue weighted by molar-refractivity contribution is 4.91. The highest BCUT2D eigenvalue weighted by Crippen LogP contribution is 2.20. The van der Waals surface area contributed by atoms with E-state index in [4.69, 9.17) is 0 Å². The highest BCUT2D eigenvalue weighted by atomic mass is 16.3. The van der Waals surface area contributed by atoms with Gasteiger partial charge in [0.15, 0.2) is 0 Å². The molecular weight excluding hydrogens is 152 g/mol. The Morgan fingerprint density at radius 1 is 1.42 bits per heavy atom. The Morgan fingerprint density at radius 3 is 2.75 bits per heavy atom. The van der Waals surface area contributed by atoms with E-state index < -0.39 is 0 Å². The summed E-state index contributed by atoms with van der Waals surface area (Å²) in [7, 11) is 0.